The topological polar surface area (TPSA) is 6.48 Å². The van der Waals surface area contributed by atoms with Crippen LogP contribution in [0.5, 0.6) is 0 Å². The zero-order chi connectivity index (χ0) is 58.0. The van der Waals surface area contributed by atoms with Crippen molar-refractivity contribution in [1.82, 2.24) is 0 Å². The average Bonchev–Trinajstić information content (AvgIpc) is 3.24. The van der Waals surface area contributed by atoms with E-state index in [9.17, 15) is 0 Å². The van der Waals surface area contributed by atoms with Crippen LogP contribution in [-0.4, -0.2) is 0 Å². The minimum atomic E-state index is 1.07. The van der Waals surface area contributed by atoms with Crippen molar-refractivity contribution in [2.75, 3.05) is 9.80 Å². The molecule has 12 aromatic carbocycles. The summed E-state index contributed by atoms with van der Waals surface area (Å²) in [7, 11) is 0. The summed E-state index contributed by atoms with van der Waals surface area (Å²) >= 11 is 0. The van der Waals surface area contributed by atoms with Gasteiger partial charge in [-0.2, -0.15) is 0 Å². The summed E-state index contributed by atoms with van der Waals surface area (Å²) in [6.45, 7) is 0. The van der Waals surface area contributed by atoms with E-state index in [4.69, 9.17) is 0 Å². The lowest BCUT2D eigenvalue weighted by atomic mass is 10.0. The van der Waals surface area contributed by atoms with Crippen LogP contribution in [0.4, 0.5) is 34.1 Å². The van der Waals surface area contributed by atoms with E-state index in [0.29, 0.717) is 0 Å². The lowest BCUT2D eigenvalue weighted by Crippen LogP contribution is -2.11. The Balaban J connectivity index is 0.748. The maximum atomic E-state index is 2.36. The van der Waals surface area contributed by atoms with Crippen LogP contribution in [0.25, 0.3) is 83.0 Å². The van der Waals surface area contributed by atoms with Gasteiger partial charge in [-0.3, -0.25) is 0 Å². The quantitative estimate of drug-likeness (QED) is 0.0588. The summed E-state index contributed by atoms with van der Waals surface area (Å²) < 4.78 is 0. The second-order valence-corrected chi connectivity index (χ2v) is 21.0. The fourth-order valence-corrected chi connectivity index (χ4v) is 10.5. The third kappa shape index (κ3) is 14.3. The van der Waals surface area contributed by atoms with Crippen molar-refractivity contribution in [3.8, 4) is 22.3 Å². The van der Waals surface area contributed by atoms with Crippen molar-refractivity contribution < 1.29 is 0 Å². The summed E-state index contributed by atoms with van der Waals surface area (Å²) in [4.78, 5) is 4.72. The highest BCUT2D eigenvalue weighted by molar-refractivity contribution is 5.90. The number of nitrogens with zero attached hydrogens (tertiary/aromatic N) is 2. The zero-order valence-corrected chi connectivity index (χ0v) is 47.8. The highest BCUT2D eigenvalue weighted by Crippen LogP contribution is 2.43. The van der Waals surface area contributed by atoms with E-state index in [1.807, 2.05) is 12.1 Å². The highest BCUT2D eigenvalue weighted by Gasteiger charge is 2.19. The molecule has 0 spiro atoms. The lowest BCUT2D eigenvalue weighted by molar-refractivity contribution is 1.28. The number of rotatable bonds is 19. The number of hydrogen-bond donors (Lipinski definition) is 0. The molecule has 2 heteroatoms. The van der Waals surface area contributed by atoms with Gasteiger partial charge < -0.3 is 9.80 Å². The van der Waals surface area contributed by atoms with Gasteiger partial charge in [-0.05, 0) is 127 Å². The van der Waals surface area contributed by atoms with Crippen molar-refractivity contribution in [1.29, 1.82) is 0 Å². The van der Waals surface area contributed by atoms with Gasteiger partial charge in [0, 0.05) is 33.9 Å². The van der Waals surface area contributed by atoms with Gasteiger partial charge in [0.2, 0.25) is 0 Å². The Morgan fingerprint density at radius 3 is 0.628 bits per heavy atom. The molecule has 0 aliphatic rings. The first-order valence-corrected chi connectivity index (χ1v) is 29.3. The summed E-state index contributed by atoms with van der Waals surface area (Å²) in [6.07, 6.45) is 25.9. The molecule has 0 atom stereocenters. The van der Waals surface area contributed by atoms with E-state index in [0.717, 1.165) is 78.6 Å². The Kier molecular flexibility index (Phi) is 17.7. The van der Waals surface area contributed by atoms with Crippen molar-refractivity contribution >= 4 is 94.9 Å². The van der Waals surface area contributed by atoms with Crippen molar-refractivity contribution in [3.63, 3.8) is 0 Å². The smallest absolute Gasteiger partial charge is 0.0540 e. The third-order valence-electron chi connectivity index (χ3n) is 15.1. The molecule has 410 valence electrons. The minimum absolute atomic E-state index is 1.07. The van der Waals surface area contributed by atoms with Crippen LogP contribution < -0.4 is 9.80 Å². The van der Waals surface area contributed by atoms with Gasteiger partial charge in [0.15, 0.2) is 0 Å². The highest BCUT2D eigenvalue weighted by atomic mass is 15.1. The zero-order valence-electron chi connectivity index (χ0n) is 47.8. The van der Waals surface area contributed by atoms with Gasteiger partial charge >= 0.3 is 0 Å². The first kappa shape index (κ1) is 55.2. The normalized spacial score (nSPS) is 11.7. The number of para-hydroxylation sites is 2. The number of anilines is 6. The second-order valence-electron chi connectivity index (χ2n) is 21.0. The van der Waals surface area contributed by atoms with E-state index in [-0.39, 0.29) is 0 Å². The fourth-order valence-electron chi connectivity index (χ4n) is 10.5. The molecule has 12 aromatic rings. The molecule has 2 nitrogen and oxygen atoms in total. The second kappa shape index (κ2) is 27.6. The molecule has 0 aliphatic carbocycles. The Morgan fingerprint density at radius 1 is 0.163 bits per heavy atom. The SMILES string of the molecule is C(/C=C/c1ccc(N(c2ccc(/C=C/c3ccc(/C=C/c4ccccc4)cc3)cc2)c2ccccc2-c2ccccc2)cc1)=C\c1ccc(N(c2ccc(/C=C/c3ccc(/C=C/c4ccccc4)cc3)cc2)c2ccccc2-c2ccccc2)cc1. The largest absolute Gasteiger partial charge is 0.310 e. The van der Waals surface area contributed by atoms with Crippen LogP contribution >= 0.6 is 0 Å². The average molecular weight is 1100 g/mol. The van der Waals surface area contributed by atoms with Crippen LogP contribution in [0, 0.1) is 0 Å². The summed E-state index contributed by atoms with van der Waals surface area (Å²) in [6, 6.07) is 112. The Morgan fingerprint density at radius 2 is 0.360 bits per heavy atom. The molecule has 0 unspecified atom stereocenters. The van der Waals surface area contributed by atoms with Gasteiger partial charge in [0.1, 0.15) is 0 Å². The predicted molar refractivity (Wildman–Crippen MR) is 373 cm³/mol. The maximum Gasteiger partial charge on any atom is 0.0540 e. The van der Waals surface area contributed by atoms with Crippen LogP contribution in [-0.2, 0) is 0 Å². The van der Waals surface area contributed by atoms with E-state index < -0.39 is 0 Å². The summed E-state index contributed by atoms with van der Waals surface area (Å²) in [5, 5.41) is 0. The molecular formula is C84H64N2. The van der Waals surface area contributed by atoms with Gasteiger partial charge in [-0.25, -0.2) is 0 Å². The molecule has 0 saturated heterocycles. The molecule has 0 amide bonds. The minimum Gasteiger partial charge on any atom is -0.310 e. The van der Waals surface area contributed by atoms with Crippen molar-refractivity contribution in [2.45, 2.75) is 0 Å². The molecule has 0 heterocycles. The van der Waals surface area contributed by atoms with Gasteiger partial charge in [-0.15, -0.1) is 0 Å². The molecule has 0 radical (unpaired) electrons. The van der Waals surface area contributed by atoms with E-state index in [1.54, 1.807) is 0 Å². The van der Waals surface area contributed by atoms with Crippen LogP contribution in [0.2, 0.25) is 0 Å². The van der Waals surface area contributed by atoms with Crippen molar-refractivity contribution in [3.05, 3.63) is 383 Å². The Bertz CT molecular complexity index is 4010. The molecule has 0 fully saturated rings. The van der Waals surface area contributed by atoms with Gasteiger partial charge in [0.05, 0.1) is 11.4 Å². The third-order valence-corrected chi connectivity index (χ3v) is 15.1. The monoisotopic (exact) mass is 1100 g/mol. The lowest BCUT2D eigenvalue weighted by Gasteiger charge is -2.28. The first-order valence-electron chi connectivity index (χ1n) is 29.3. The van der Waals surface area contributed by atoms with E-state index in [2.05, 4.69) is 386 Å². The summed E-state index contributed by atoms with van der Waals surface area (Å²) in [5.41, 5.74) is 22.7. The van der Waals surface area contributed by atoms with Crippen LogP contribution in [0.1, 0.15) is 55.6 Å². The Labute approximate surface area is 507 Å². The molecule has 12 rings (SSSR count). The van der Waals surface area contributed by atoms with Gasteiger partial charge in [0.25, 0.3) is 0 Å². The first-order chi connectivity index (χ1) is 42.6. The van der Waals surface area contributed by atoms with Crippen LogP contribution in [0.3, 0.4) is 0 Å². The molecular weight excluding hydrogens is 1040 g/mol. The predicted octanol–water partition coefficient (Wildman–Crippen LogP) is 23.4. The van der Waals surface area contributed by atoms with Gasteiger partial charge in [-0.1, -0.05) is 328 Å². The number of hydrogen-bond acceptors (Lipinski definition) is 2. The molecule has 0 aliphatic heterocycles. The molecule has 0 aromatic heterocycles. The van der Waals surface area contributed by atoms with Crippen molar-refractivity contribution in [2.24, 2.45) is 0 Å². The molecule has 0 saturated carbocycles. The fraction of sp³-hybridized carbons (Fsp3) is 0. The molecule has 0 bridgehead atoms. The number of benzene rings is 12. The van der Waals surface area contributed by atoms with E-state index >= 15 is 0 Å². The molecule has 86 heavy (non-hydrogen) atoms. The Hall–Kier alpha value is -11.3. The van der Waals surface area contributed by atoms with E-state index in [1.165, 1.54) is 33.4 Å². The molecule has 0 N–H and O–H groups in total. The van der Waals surface area contributed by atoms with Crippen LogP contribution in [0.15, 0.2) is 328 Å². The number of allylic oxidation sites excluding steroid dienone is 2. The summed E-state index contributed by atoms with van der Waals surface area (Å²) in [5.74, 6) is 0. The maximum absolute atomic E-state index is 2.36. The standard InChI is InChI=1S/C84H64N2/c1-5-19-65(20-6-1)33-35-69-37-41-71(42-38-69)45-47-73-53-61-79(62-54-73)85(83-31-17-15-29-81(83)75-25-9-3-10-26-75)77-57-49-67(50-58-77)23-13-14-24-68-51-59-78(60-52-68)86(84-32-18-16-30-82(84)76-27-11-4-12-28-76)80-63-55-74(56-64-80)48-46-72-43-39-70(40-44-72)36-34-66-21-7-2-8-22-66/h1-64H/b23-13+,24-14+,35-33+,36-34+,47-45+,48-46+.